The number of benzene rings is 1. The number of phenolic OH excluding ortho intramolecular Hbond substituents is 1. The van der Waals surface area contributed by atoms with Crippen LogP contribution in [0, 0.1) is 29.2 Å². The topological polar surface area (TPSA) is 164 Å². The van der Waals surface area contributed by atoms with Crippen molar-refractivity contribution in [3.63, 3.8) is 0 Å². The summed E-state index contributed by atoms with van der Waals surface area (Å²) >= 11 is 12.0. The van der Waals surface area contributed by atoms with Gasteiger partial charge < -0.3 is 25.6 Å². The van der Waals surface area contributed by atoms with E-state index in [2.05, 4.69) is 9.99 Å². The summed E-state index contributed by atoms with van der Waals surface area (Å²) in [5, 5.41) is 36.0. The molecule has 1 aromatic heterocycles. The fourth-order valence-corrected chi connectivity index (χ4v) is 2.90. The van der Waals surface area contributed by atoms with Crippen molar-refractivity contribution in [3.05, 3.63) is 60.0 Å². The second-order valence-corrected chi connectivity index (χ2v) is 6.38. The maximum atomic E-state index is 12.2. The van der Waals surface area contributed by atoms with Gasteiger partial charge >= 0.3 is 11.7 Å². The van der Waals surface area contributed by atoms with Gasteiger partial charge in [0.2, 0.25) is 11.4 Å². The van der Waals surface area contributed by atoms with E-state index in [1.54, 1.807) is 0 Å². The van der Waals surface area contributed by atoms with Gasteiger partial charge in [0.1, 0.15) is 10.6 Å². The summed E-state index contributed by atoms with van der Waals surface area (Å²) in [7, 11) is 1.15. The third kappa shape index (κ3) is 4.10. The van der Waals surface area contributed by atoms with Crippen LogP contribution in [0.4, 0.5) is 5.69 Å². The van der Waals surface area contributed by atoms with Crippen LogP contribution < -0.4 is 15.2 Å². The van der Waals surface area contributed by atoms with E-state index in [0.717, 1.165) is 19.2 Å². The Morgan fingerprint density at radius 1 is 1.34 bits per heavy atom. The summed E-state index contributed by atoms with van der Waals surface area (Å²) in [6, 6.07) is 1.79. The normalized spacial score (nSPS) is 11.3. The van der Waals surface area contributed by atoms with Crippen molar-refractivity contribution in [2.45, 2.75) is 13.8 Å². The Morgan fingerprint density at radius 2 is 1.97 bits per heavy atom. The number of oxime groups is 1. The molecule has 0 aliphatic rings. The Kier molecular flexibility index (Phi) is 6.34. The first-order valence-electron chi connectivity index (χ1n) is 7.69. The second-order valence-electron chi connectivity index (χ2n) is 5.64. The molecule has 2 rings (SSSR count). The van der Waals surface area contributed by atoms with Gasteiger partial charge in [-0.25, -0.2) is 4.79 Å². The highest BCUT2D eigenvalue weighted by molar-refractivity contribution is 6.35. The molecule has 29 heavy (non-hydrogen) atoms. The van der Waals surface area contributed by atoms with E-state index in [0.29, 0.717) is 10.3 Å². The van der Waals surface area contributed by atoms with E-state index >= 15 is 0 Å². The summed E-state index contributed by atoms with van der Waals surface area (Å²) in [4.78, 5) is 27.0. The van der Waals surface area contributed by atoms with Gasteiger partial charge in [0, 0.05) is 13.0 Å². The molecule has 0 aliphatic heterocycles. The number of pyridine rings is 1. The standard InChI is InChI=1S/C16H14Cl2N4O7/c1-6-11(14(18)21(25)7(2)12(6)17)15(19)20-29-16(24)8-4-9(22(26)27)13(23)10(5-8)28-3/h4-5,23H,1-3H3,(H2,19,20). The fourth-order valence-electron chi connectivity index (χ4n) is 2.37. The molecule has 154 valence electrons. The number of aromatic nitrogens is 1. The minimum Gasteiger partial charge on any atom is -0.617 e. The molecule has 0 saturated carbocycles. The highest BCUT2D eigenvalue weighted by Crippen LogP contribution is 2.37. The van der Waals surface area contributed by atoms with E-state index in [1.165, 1.54) is 13.8 Å². The molecule has 0 fully saturated rings. The Bertz CT molecular complexity index is 1030. The van der Waals surface area contributed by atoms with Crippen molar-refractivity contribution >= 4 is 40.7 Å². The fraction of sp³-hybridized carbons (Fsp3) is 0.188. The molecule has 0 aliphatic carbocycles. The van der Waals surface area contributed by atoms with E-state index in [9.17, 15) is 25.2 Å². The predicted molar refractivity (Wildman–Crippen MR) is 102 cm³/mol. The number of amidine groups is 1. The smallest absolute Gasteiger partial charge is 0.366 e. The number of rotatable bonds is 5. The zero-order valence-electron chi connectivity index (χ0n) is 15.2. The third-order valence-electron chi connectivity index (χ3n) is 3.90. The van der Waals surface area contributed by atoms with Crippen LogP contribution in [0.3, 0.4) is 0 Å². The number of ether oxygens (including phenoxy) is 1. The maximum Gasteiger partial charge on any atom is 0.366 e. The number of phenols is 1. The van der Waals surface area contributed by atoms with Crippen LogP contribution in [0.2, 0.25) is 10.2 Å². The number of aromatic hydroxyl groups is 1. The first-order valence-corrected chi connectivity index (χ1v) is 8.45. The van der Waals surface area contributed by atoms with Gasteiger partial charge in [0.25, 0.3) is 5.15 Å². The second kappa shape index (κ2) is 8.37. The largest absolute Gasteiger partial charge is 0.617 e. The number of carbonyl (C=O) groups excluding carboxylic acids is 1. The number of nitro benzene ring substituents is 1. The average Bonchev–Trinajstić information content (AvgIpc) is 2.69. The Balaban J connectivity index is 2.42. The molecular formula is C16H14Cl2N4O7. The van der Waals surface area contributed by atoms with Crippen LogP contribution in [0.25, 0.3) is 0 Å². The summed E-state index contributed by atoms with van der Waals surface area (Å²) in [6.45, 7) is 2.99. The average molecular weight is 445 g/mol. The summed E-state index contributed by atoms with van der Waals surface area (Å²) in [6.07, 6.45) is 0. The summed E-state index contributed by atoms with van der Waals surface area (Å²) < 4.78 is 5.14. The lowest BCUT2D eigenvalue weighted by atomic mass is 10.1. The van der Waals surface area contributed by atoms with Crippen LogP contribution >= 0.6 is 23.2 Å². The Labute approximate surface area is 173 Å². The van der Waals surface area contributed by atoms with Crippen molar-refractivity contribution in [2.75, 3.05) is 7.11 Å². The van der Waals surface area contributed by atoms with Crippen molar-refractivity contribution in [3.8, 4) is 11.5 Å². The van der Waals surface area contributed by atoms with Gasteiger partial charge in [-0.05, 0) is 30.2 Å². The number of methoxy groups -OCH3 is 1. The van der Waals surface area contributed by atoms with Gasteiger partial charge in [-0.15, -0.1) is 0 Å². The number of carbonyl (C=O) groups is 1. The molecule has 13 heteroatoms. The molecule has 0 amide bonds. The minimum atomic E-state index is -1.14. The molecule has 0 spiro atoms. The van der Waals surface area contributed by atoms with Crippen molar-refractivity contribution < 1.29 is 29.1 Å². The third-order valence-corrected chi connectivity index (χ3v) is 4.80. The van der Waals surface area contributed by atoms with Crippen LogP contribution in [-0.2, 0) is 4.84 Å². The lowest BCUT2D eigenvalue weighted by Crippen LogP contribution is -2.36. The molecule has 3 N–H and O–H groups in total. The maximum absolute atomic E-state index is 12.2. The van der Waals surface area contributed by atoms with Crippen molar-refractivity contribution in [1.82, 2.24) is 0 Å². The van der Waals surface area contributed by atoms with Gasteiger partial charge in [-0.3, -0.25) is 10.1 Å². The van der Waals surface area contributed by atoms with Crippen LogP contribution in [0.5, 0.6) is 11.5 Å². The van der Waals surface area contributed by atoms with Crippen LogP contribution in [0.15, 0.2) is 17.3 Å². The SMILES string of the molecule is COc1cc(C(=O)O/N=C(\N)c2c(C)c(Cl)c(C)[n+]([O-])c2Cl)cc([N+](=O)[O-])c1O. The molecule has 1 aromatic carbocycles. The zero-order valence-corrected chi connectivity index (χ0v) is 16.7. The van der Waals surface area contributed by atoms with E-state index < -0.39 is 28.2 Å². The van der Waals surface area contributed by atoms with Crippen molar-refractivity contribution in [1.29, 1.82) is 0 Å². The molecule has 0 saturated heterocycles. The number of nitrogens with zero attached hydrogens (tertiary/aromatic N) is 3. The molecular weight excluding hydrogens is 431 g/mol. The molecule has 1 heterocycles. The van der Waals surface area contributed by atoms with Gasteiger partial charge in [-0.1, -0.05) is 16.8 Å². The first kappa shape index (κ1) is 22.0. The highest BCUT2D eigenvalue weighted by atomic mass is 35.5. The lowest BCUT2D eigenvalue weighted by Gasteiger charge is -2.12. The van der Waals surface area contributed by atoms with Crippen LogP contribution in [0.1, 0.15) is 27.2 Å². The zero-order chi connectivity index (χ0) is 22.0. The summed E-state index contributed by atoms with van der Waals surface area (Å²) in [5.41, 5.74) is 5.10. The summed E-state index contributed by atoms with van der Waals surface area (Å²) in [5.74, 6) is -2.64. The predicted octanol–water partition coefficient (Wildman–Crippen LogP) is 2.34. The van der Waals surface area contributed by atoms with E-state index in [-0.39, 0.29) is 32.7 Å². The van der Waals surface area contributed by atoms with E-state index in [1.807, 2.05) is 0 Å². The van der Waals surface area contributed by atoms with Gasteiger partial charge in [0.05, 0.1) is 17.6 Å². The minimum absolute atomic E-state index is 0.0423. The molecule has 2 aromatic rings. The lowest BCUT2D eigenvalue weighted by molar-refractivity contribution is -0.610. The van der Waals surface area contributed by atoms with Gasteiger partial charge in [0.15, 0.2) is 11.6 Å². The van der Waals surface area contributed by atoms with Gasteiger partial charge in [-0.2, -0.15) is 4.73 Å². The first-order chi connectivity index (χ1) is 13.5. The molecule has 0 radical (unpaired) electrons. The quantitative estimate of drug-likeness (QED) is 0.103. The van der Waals surface area contributed by atoms with Crippen molar-refractivity contribution in [2.24, 2.45) is 10.9 Å². The number of halogens is 2. The Hall–Kier alpha value is -3.31. The molecule has 0 unspecified atom stereocenters. The molecule has 11 nitrogen and oxygen atoms in total. The number of hydrogen-bond donors (Lipinski definition) is 2. The molecule has 0 atom stereocenters. The van der Waals surface area contributed by atoms with E-state index in [4.69, 9.17) is 33.7 Å². The monoisotopic (exact) mass is 444 g/mol. The number of nitro groups is 1. The number of nitrogens with two attached hydrogens (primary N) is 1. The van der Waals surface area contributed by atoms with Crippen LogP contribution in [-0.4, -0.2) is 28.9 Å². The number of hydrogen-bond acceptors (Lipinski definition) is 8. The highest BCUT2D eigenvalue weighted by Gasteiger charge is 2.26. The Morgan fingerprint density at radius 3 is 2.52 bits per heavy atom. The molecule has 0 bridgehead atoms.